The molecule has 2 aromatic rings. The van der Waals surface area contributed by atoms with E-state index in [1.54, 1.807) is 12.4 Å². The van der Waals surface area contributed by atoms with E-state index in [9.17, 15) is 0 Å². The van der Waals surface area contributed by atoms with E-state index in [0.717, 1.165) is 24.0 Å². The predicted molar refractivity (Wildman–Crippen MR) is 78.0 cm³/mol. The molecule has 0 atom stereocenters. The molecule has 104 valence electrons. The standard InChI is InChI=1S/C16H19N3O/c17-16-18-8-15(9-19-16)14-6-13(7-14)11-20-10-12-4-2-1-3-5-12/h1-5,8-9,13-14H,6-7,10-11H2,(H2,17,18,19)/i11D2. The minimum atomic E-state index is -1.61. The predicted octanol–water partition coefficient (Wildman–Crippen LogP) is 2.77. The molecule has 0 bridgehead atoms. The van der Waals surface area contributed by atoms with Gasteiger partial charge in [-0.05, 0) is 35.8 Å². The van der Waals surface area contributed by atoms with Crippen LogP contribution < -0.4 is 5.73 Å². The van der Waals surface area contributed by atoms with Gasteiger partial charge in [0.05, 0.1) is 9.35 Å². The van der Waals surface area contributed by atoms with E-state index in [2.05, 4.69) is 9.97 Å². The van der Waals surface area contributed by atoms with Gasteiger partial charge in [-0.3, -0.25) is 0 Å². The first-order valence-electron chi connectivity index (χ1n) is 7.80. The molecule has 3 rings (SSSR count). The summed E-state index contributed by atoms with van der Waals surface area (Å²) >= 11 is 0. The van der Waals surface area contributed by atoms with Crippen LogP contribution in [0.3, 0.4) is 0 Å². The van der Waals surface area contributed by atoms with Gasteiger partial charge in [0.25, 0.3) is 0 Å². The molecule has 2 N–H and O–H groups in total. The molecule has 20 heavy (non-hydrogen) atoms. The molecule has 0 spiro atoms. The highest BCUT2D eigenvalue weighted by molar-refractivity contribution is 5.21. The number of nitrogens with two attached hydrogens (primary N) is 1. The number of anilines is 1. The van der Waals surface area contributed by atoms with Crippen LogP contribution in [-0.4, -0.2) is 16.5 Å². The Kier molecular flexibility index (Phi) is 3.25. The lowest BCUT2D eigenvalue weighted by atomic mass is 9.72. The highest BCUT2D eigenvalue weighted by Gasteiger charge is 2.30. The molecule has 1 aromatic carbocycles. The van der Waals surface area contributed by atoms with Gasteiger partial charge in [-0.25, -0.2) is 9.97 Å². The molecular weight excluding hydrogens is 250 g/mol. The number of hydrogen-bond donors (Lipinski definition) is 1. The van der Waals surface area contributed by atoms with Crippen molar-refractivity contribution in [3.8, 4) is 0 Å². The molecular formula is C16H19N3O. The number of ether oxygens (including phenoxy) is 1. The summed E-state index contributed by atoms with van der Waals surface area (Å²) in [6, 6.07) is 9.66. The average Bonchev–Trinajstić information content (AvgIpc) is 2.47. The third kappa shape index (κ3) is 3.14. The quantitative estimate of drug-likeness (QED) is 0.908. The molecule has 4 heteroatoms. The zero-order valence-electron chi connectivity index (χ0n) is 13.2. The fourth-order valence-corrected chi connectivity index (χ4v) is 2.36. The molecule has 1 aromatic heterocycles. The van der Waals surface area contributed by atoms with Gasteiger partial charge in [-0.1, -0.05) is 30.3 Å². The molecule has 4 nitrogen and oxygen atoms in total. The molecule has 1 heterocycles. The molecule has 1 aliphatic carbocycles. The lowest BCUT2D eigenvalue weighted by Crippen LogP contribution is -2.26. The summed E-state index contributed by atoms with van der Waals surface area (Å²) in [6.07, 6.45) is 4.94. The second kappa shape index (κ2) is 6.01. The Morgan fingerprint density at radius 1 is 1.20 bits per heavy atom. The minimum Gasteiger partial charge on any atom is -0.376 e. The summed E-state index contributed by atoms with van der Waals surface area (Å²) in [5.74, 6) is 0.459. The first kappa shape index (κ1) is 10.8. The fraction of sp³-hybridized carbons (Fsp3) is 0.375. The van der Waals surface area contributed by atoms with Crippen molar-refractivity contribution in [2.24, 2.45) is 5.92 Å². The van der Waals surface area contributed by atoms with Crippen LogP contribution in [0.1, 0.15) is 32.6 Å². The summed E-state index contributed by atoms with van der Waals surface area (Å²) in [4.78, 5) is 7.97. The van der Waals surface area contributed by atoms with Gasteiger partial charge >= 0.3 is 0 Å². The second-order valence-corrected chi connectivity index (χ2v) is 5.13. The zero-order chi connectivity index (χ0) is 15.6. The highest BCUT2D eigenvalue weighted by atomic mass is 16.5. The summed E-state index contributed by atoms with van der Waals surface area (Å²) in [5.41, 5.74) is 7.47. The fourth-order valence-electron chi connectivity index (χ4n) is 2.36. The molecule has 0 aliphatic heterocycles. The highest BCUT2D eigenvalue weighted by Crippen LogP contribution is 2.41. The Morgan fingerprint density at radius 3 is 2.60 bits per heavy atom. The Balaban J connectivity index is 1.53. The van der Waals surface area contributed by atoms with Crippen molar-refractivity contribution in [2.75, 3.05) is 12.3 Å². The Morgan fingerprint density at radius 2 is 1.90 bits per heavy atom. The van der Waals surface area contributed by atoms with Crippen molar-refractivity contribution in [3.63, 3.8) is 0 Å². The van der Waals surface area contributed by atoms with E-state index >= 15 is 0 Å². The molecule has 0 amide bonds. The van der Waals surface area contributed by atoms with Crippen molar-refractivity contribution in [1.82, 2.24) is 9.97 Å². The van der Waals surface area contributed by atoms with E-state index in [1.807, 2.05) is 30.3 Å². The van der Waals surface area contributed by atoms with Crippen molar-refractivity contribution >= 4 is 5.95 Å². The number of nitrogen functional groups attached to an aromatic ring is 1. The second-order valence-electron chi connectivity index (χ2n) is 5.13. The maximum Gasteiger partial charge on any atom is 0.219 e. The summed E-state index contributed by atoms with van der Waals surface area (Å²) in [6.45, 7) is -1.32. The van der Waals surface area contributed by atoms with E-state index in [1.165, 1.54) is 0 Å². The Labute approximate surface area is 121 Å². The number of benzene rings is 1. The van der Waals surface area contributed by atoms with Crippen LogP contribution in [0.5, 0.6) is 0 Å². The van der Waals surface area contributed by atoms with Crippen molar-refractivity contribution in [3.05, 3.63) is 53.9 Å². The van der Waals surface area contributed by atoms with Crippen LogP contribution in [0.25, 0.3) is 0 Å². The number of aromatic nitrogens is 2. The maximum atomic E-state index is 8.11. The minimum absolute atomic E-state index is 0.0984. The van der Waals surface area contributed by atoms with Crippen LogP contribution >= 0.6 is 0 Å². The monoisotopic (exact) mass is 271 g/mol. The average molecular weight is 271 g/mol. The number of hydrogen-bond acceptors (Lipinski definition) is 4. The van der Waals surface area contributed by atoms with E-state index in [-0.39, 0.29) is 11.9 Å². The molecule has 0 unspecified atom stereocenters. The smallest absolute Gasteiger partial charge is 0.219 e. The molecule has 0 radical (unpaired) electrons. The summed E-state index contributed by atoms with van der Waals surface area (Å²) in [7, 11) is 0. The van der Waals surface area contributed by atoms with Gasteiger partial charge in [-0.2, -0.15) is 0 Å². The summed E-state index contributed by atoms with van der Waals surface area (Å²) < 4.78 is 21.7. The first-order chi connectivity index (χ1) is 10.5. The van der Waals surface area contributed by atoms with Gasteiger partial charge in [0.2, 0.25) is 5.95 Å². The third-order valence-electron chi connectivity index (χ3n) is 3.63. The first-order valence-corrected chi connectivity index (χ1v) is 6.80. The lowest BCUT2D eigenvalue weighted by Gasteiger charge is -2.35. The van der Waals surface area contributed by atoms with Gasteiger partial charge < -0.3 is 10.5 Å². The van der Waals surface area contributed by atoms with Crippen molar-refractivity contribution in [2.45, 2.75) is 25.4 Å². The van der Waals surface area contributed by atoms with Gasteiger partial charge in [0, 0.05) is 19.0 Å². The Hall–Kier alpha value is -1.94. The van der Waals surface area contributed by atoms with Crippen LogP contribution in [-0.2, 0) is 11.3 Å². The number of rotatable bonds is 5. The molecule has 1 fully saturated rings. The SMILES string of the molecule is [2H]C([2H])(OCc1ccccc1)C1CC(c2cnc(N)nc2)C1. The lowest BCUT2D eigenvalue weighted by molar-refractivity contribution is 0.0507. The summed E-state index contributed by atoms with van der Waals surface area (Å²) in [5, 5.41) is 0. The molecule has 1 saturated carbocycles. The van der Waals surface area contributed by atoms with Crippen molar-refractivity contribution in [1.29, 1.82) is 0 Å². The van der Waals surface area contributed by atoms with Crippen LogP contribution in [0, 0.1) is 5.92 Å². The van der Waals surface area contributed by atoms with E-state index in [0.29, 0.717) is 12.5 Å². The van der Waals surface area contributed by atoms with Crippen LogP contribution in [0.4, 0.5) is 5.95 Å². The van der Waals surface area contributed by atoms with Crippen molar-refractivity contribution < 1.29 is 7.48 Å². The largest absolute Gasteiger partial charge is 0.376 e. The van der Waals surface area contributed by atoms with E-state index in [4.69, 9.17) is 13.2 Å². The van der Waals surface area contributed by atoms with Crippen LogP contribution in [0.2, 0.25) is 0 Å². The molecule has 0 saturated heterocycles. The molecule has 1 aliphatic rings. The topological polar surface area (TPSA) is 61.0 Å². The number of nitrogens with zero attached hydrogens (tertiary/aromatic N) is 2. The van der Waals surface area contributed by atoms with Gasteiger partial charge in [0.15, 0.2) is 0 Å². The van der Waals surface area contributed by atoms with Gasteiger partial charge in [-0.15, -0.1) is 0 Å². The third-order valence-corrected chi connectivity index (χ3v) is 3.63. The zero-order valence-corrected chi connectivity index (χ0v) is 11.2. The van der Waals surface area contributed by atoms with Crippen LogP contribution in [0.15, 0.2) is 42.7 Å². The normalized spacial score (nSPS) is 23.6. The Bertz CT molecular complexity index is 613. The maximum absolute atomic E-state index is 8.11. The van der Waals surface area contributed by atoms with Gasteiger partial charge in [0.1, 0.15) is 0 Å². The van der Waals surface area contributed by atoms with E-state index < -0.39 is 6.56 Å².